The molecule has 92 valence electrons. The SMILES string of the molecule is O=Cc1ccccc1-c1c(C=O)[se]c2ccccc12. The first-order chi connectivity index (χ1) is 9.35. The van der Waals surface area contributed by atoms with Crippen molar-refractivity contribution in [3.05, 3.63) is 58.5 Å². The minimum absolute atomic E-state index is 0.0314. The van der Waals surface area contributed by atoms with E-state index < -0.39 is 0 Å². The molecule has 0 aliphatic carbocycles. The Morgan fingerprint density at radius 3 is 2.37 bits per heavy atom. The van der Waals surface area contributed by atoms with E-state index in [1.165, 1.54) is 4.26 Å². The number of aldehydes is 2. The Hall–Kier alpha value is -1.96. The maximum absolute atomic E-state index is 11.3. The average Bonchev–Trinajstić information content (AvgIpc) is 2.85. The van der Waals surface area contributed by atoms with Gasteiger partial charge in [0.2, 0.25) is 0 Å². The van der Waals surface area contributed by atoms with Gasteiger partial charge in [0, 0.05) is 0 Å². The molecule has 0 spiro atoms. The molecule has 0 aliphatic heterocycles. The van der Waals surface area contributed by atoms with Crippen LogP contribution in [0.25, 0.3) is 20.8 Å². The van der Waals surface area contributed by atoms with Crippen molar-refractivity contribution in [2.75, 3.05) is 0 Å². The first-order valence-corrected chi connectivity index (χ1v) is 7.57. The fourth-order valence-electron chi connectivity index (χ4n) is 2.25. The van der Waals surface area contributed by atoms with Crippen molar-refractivity contribution in [3.8, 4) is 11.1 Å². The summed E-state index contributed by atoms with van der Waals surface area (Å²) >= 11 is 0.0314. The molecule has 2 aromatic carbocycles. The molecule has 19 heavy (non-hydrogen) atoms. The Balaban J connectivity index is 2.41. The molecule has 3 aromatic rings. The van der Waals surface area contributed by atoms with E-state index in [0.29, 0.717) is 5.56 Å². The molecule has 3 heteroatoms. The molecule has 1 heterocycles. The van der Waals surface area contributed by atoms with Gasteiger partial charge in [0.1, 0.15) is 0 Å². The summed E-state index contributed by atoms with van der Waals surface area (Å²) in [5.74, 6) is 0. The summed E-state index contributed by atoms with van der Waals surface area (Å²) in [6.07, 6.45) is 1.77. The minimum atomic E-state index is 0.0314. The summed E-state index contributed by atoms with van der Waals surface area (Å²) in [6.45, 7) is 0. The van der Waals surface area contributed by atoms with Gasteiger partial charge in [0.15, 0.2) is 0 Å². The molecule has 0 aliphatic rings. The zero-order valence-corrected chi connectivity index (χ0v) is 11.7. The van der Waals surface area contributed by atoms with Crippen LogP contribution in [0, 0.1) is 0 Å². The molecular formula is C16H10O2Se. The molecule has 0 N–H and O–H groups in total. The first kappa shape index (κ1) is 12.1. The Morgan fingerprint density at radius 1 is 0.842 bits per heavy atom. The number of carbonyl (C=O) groups excluding carboxylic acids is 2. The number of benzene rings is 2. The van der Waals surface area contributed by atoms with Crippen molar-refractivity contribution in [1.29, 1.82) is 0 Å². The van der Waals surface area contributed by atoms with E-state index in [0.717, 1.165) is 33.5 Å². The van der Waals surface area contributed by atoms with Crippen molar-refractivity contribution in [3.63, 3.8) is 0 Å². The van der Waals surface area contributed by atoms with Crippen LogP contribution < -0.4 is 0 Å². The third-order valence-electron chi connectivity index (χ3n) is 3.09. The average molecular weight is 313 g/mol. The predicted octanol–water partition coefficient (Wildman–Crippen LogP) is 3.19. The summed E-state index contributed by atoms with van der Waals surface area (Å²) in [7, 11) is 0. The number of rotatable bonds is 3. The van der Waals surface area contributed by atoms with Crippen LogP contribution in [0.3, 0.4) is 0 Å². The van der Waals surface area contributed by atoms with Gasteiger partial charge in [-0.3, -0.25) is 0 Å². The molecule has 1 aromatic heterocycles. The quantitative estimate of drug-likeness (QED) is 0.550. The van der Waals surface area contributed by atoms with Crippen LogP contribution in [-0.2, 0) is 0 Å². The predicted molar refractivity (Wildman–Crippen MR) is 77.1 cm³/mol. The van der Waals surface area contributed by atoms with Gasteiger partial charge in [-0.05, 0) is 0 Å². The van der Waals surface area contributed by atoms with Crippen LogP contribution in [0.15, 0.2) is 48.5 Å². The molecule has 0 unspecified atom stereocenters. The Labute approximate surface area is 116 Å². The number of fused-ring (bicyclic) bond motifs is 1. The molecule has 0 fully saturated rings. The van der Waals surface area contributed by atoms with Gasteiger partial charge < -0.3 is 0 Å². The maximum atomic E-state index is 11.3. The van der Waals surface area contributed by atoms with Crippen molar-refractivity contribution in [1.82, 2.24) is 0 Å². The van der Waals surface area contributed by atoms with Crippen LogP contribution in [0.1, 0.15) is 19.6 Å². The van der Waals surface area contributed by atoms with E-state index >= 15 is 0 Å². The monoisotopic (exact) mass is 314 g/mol. The second-order valence-electron chi connectivity index (χ2n) is 4.16. The van der Waals surface area contributed by atoms with Gasteiger partial charge in [0.05, 0.1) is 0 Å². The number of hydrogen-bond acceptors (Lipinski definition) is 2. The normalized spacial score (nSPS) is 10.5. The number of hydrogen-bond donors (Lipinski definition) is 0. The fourth-order valence-corrected chi connectivity index (χ4v) is 4.42. The molecule has 0 radical (unpaired) electrons. The first-order valence-electron chi connectivity index (χ1n) is 5.86. The summed E-state index contributed by atoms with van der Waals surface area (Å²) < 4.78 is 2.01. The second-order valence-corrected chi connectivity index (χ2v) is 6.43. The van der Waals surface area contributed by atoms with Crippen LogP contribution >= 0.6 is 0 Å². The van der Waals surface area contributed by atoms with Gasteiger partial charge in [-0.1, -0.05) is 0 Å². The van der Waals surface area contributed by atoms with E-state index in [2.05, 4.69) is 6.07 Å². The van der Waals surface area contributed by atoms with Crippen LogP contribution in [0.5, 0.6) is 0 Å². The molecule has 0 saturated carbocycles. The zero-order valence-electron chi connectivity index (χ0n) is 10.00. The molecular weight excluding hydrogens is 303 g/mol. The molecule has 0 atom stereocenters. The van der Waals surface area contributed by atoms with Crippen molar-refractivity contribution < 1.29 is 9.59 Å². The third-order valence-corrected chi connectivity index (χ3v) is 5.39. The van der Waals surface area contributed by atoms with Crippen molar-refractivity contribution in [2.24, 2.45) is 0 Å². The Kier molecular flexibility index (Phi) is 3.16. The summed E-state index contributed by atoms with van der Waals surface area (Å²) in [6, 6.07) is 15.4. The van der Waals surface area contributed by atoms with Crippen LogP contribution in [0.4, 0.5) is 0 Å². The topological polar surface area (TPSA) is 34.1 Å². The molecule has 2 nitrogen and oxygen atoms in total. The van der Waals surface area contributed by atoms with E-state index in [1.807, 2.05) is 36.4 Å². The van der Waals surface area contributed by atoms with Gasteiger partial charge in [0.25, 0.3) is 0 Å². The molecule has 0 saturated heterocycles. The van der Waals surface area contributed by atoms with Gasteiger partial charge in [-0.2, -0.15) is 0 Å². The number of carbonyl (C=O) groups is 2. The van der Waals surface area contributed by atoms with Gasteiger partial charge in [-0.25, -0.2) is 0 Å². The molecule has 3 rings (SSSR count). The summed E-state index contributed by atoms with van der Waals surface area (Å²) in [5, 5.41) is 1.08. The zero-order chi connectivity index (χ0) is 13.2. The van der Waals surface area contributed by atoms with E-state index in [9.17, 15) is 9.59 Å². The van der Waals surface area contributed by atoms with Gasteiger partial charge in [-0.15, -0.1) is 0 Å². The van der Waals surface area contributed by atoms with Crippen LogP contribution in [0.2, 0.25) is 0 Å². The Morgan fingerprint density at radius 2 is 1.58 bits per heavy atom. The van der Waals surface area contributed by atoms with Crippen LogP contribution in [-0.4, -0.2) is 27.1 Å². The van der Waals surface area contributed by atoms with E-state index in [-0.39, 0.29) is 14.5 Å². The molecule has 0 bridgehead atoms. The standard InChI is InChI=1S/C16H10O2Se/c17-9-11-5-1-2-6-12(11)16-13-7-3-4-8-14(13)19-15(16)10-18/h1-10H. The van der Waals surface area contributed by atoms with Crippen molar-refractivity contribution >= 4 is 36.7 Å². The van der Waals surface area contributed by atoms with E-state index in [4.69, 9.17) is 0 Å². The third kappa shape index (κ3) is 1.97. The second kappa shape index (κ2) is 4.96. The Bertz CT molecular complexity index is 771. The summed E-state index contributed by atoms with van der Waals surface area (Å²) in [4.78, 5) is 22.5. The van der Waals surface area contributed by atoms with Gasteiger partial charge >= 0.3 is 116 Å². The molecule has 0 amide bonds. The van der Waals surface area contributed by atoms with E-state index in [1.54, 1.807) is 6.07 Å². The fraction of sp³-hybridized carbons (Fsp3) is 0. The summed E-state index contributed by atoms with van der Waals surface area (Å²) in [5.41, 5.74) is 2.41. The van der Waals surface area contributed by atoms with Crippen molar-refractivity contribution in [2.45, 2.75) is 0 Å².